The summed E-state index contributed by atoms with van der Waals surface area (Å²) in [5, 5.41) is 8.40. The topological polar surface area (TPSA) is 56.6 Å². The second-order valence-corrected chi connectivity index (χ2v) is 3.27. The van der Waals surface area contributed by atoms with Crippen molar-refractivity contribution < 1.29 is 8.78 Å². The summed E-state index contributed by atoms with van der Waals surface area (Å²) in [4.78, 5) is 13.1. The van der Waals surface area contributed by atoms with Gasteiger partial charge in [0.15, 0.2) is 0 Å². The van der Waals surface area contributed by atoms with E-state index in [1.807, 2.05) is 0 Å². The maximum absolute atomic E-state index is 12.2. The average molecular weight is 296 g/mol. The van der Waals surface area contributed by atoms with Crippen LogP contribution in [0.2, 0.25) is 0 Å². The third kappa shape index (κ3) is 2.03. The van der Waals surface area contributed by atoms with Gasteiger partial charge in [-0.1, -0.05) is 0 Å². The van der Waals surface area contributed by atoms with Gasteiger partial charge in [-0.2, -0.15) is 5.26 Å². The molecule has 1 rings (SSSR count). The Kier molecular flexibility index (Phi) is 2.98. The van der Waals surface area contributed by atoms with Crippen LogP contribution in [0.3, 0.4) is 0 Å². The van der Waals surface area contributed by atoms with E-state index >= 15 is 0 Å². The molecule has 0 amide bonds. The van der Waals surface area contributed by atoms with E-state index in [-0.39, 0.29) is 14.8 Å². The maximum Gasteiger partial charge on any atom is 0.266 e. The van der Waals surface area contributed by atoms with E-state index in [0.717, 1.165) is 6.07 Å². The van der Waals surface area contributed by atoms with Crippen molar-refractivity contribution in [1.29, 1.82) is 5.26 Å². The Morgan fingerprint density at radius 3 is 2.69 bits per heavy atom. The lowest BCUT2D eigenvalue weighted by Gasteiger charge is -2.01. The van der Waals surface area contributed by atoms with E-state index in [1.165, 1.54) is 6.07 Å². The van der Waals surface area contributed by atoms with Gasteiger partial charge in [0.2, 0.25) is 0 Å². The van der Waals surface area contributed by atoms with Crippen molar-refractivity contribution in [3.63, 3.8) is 0 Å². The van der Waals surface area contributed by atoms with Crippen LogP contribution in [0.15, 0.2) is 10.9 Å². The Hall–Kier alpha value is -0.970. The van der Waals surface area contributed by atoms with Gasteiger partial charge in [0, 0.05) is 5.56 Å². The summed E-state index contributed by atoms with van der Waals surface area (Å²) in [6.07, 6.45) is -2.68. The maximum atomic E-state index is 12.2. The monoisotopic (exact) mass is 296 g/mol. The molecule has 1 aromatic heterocycles. The molecule has 68 valence electrons. The van der Waals surface area contributed by atoms with Crippen LogP contribution >= 0.6 is 22.6 Å². The van der Waals surface area contributed by atoms with Crippen LogP contribution in [-0.4, -0.2) is 4.98 Å². The largest absolute Gasteiger partial charge is 0.316 e. The zero-order chi connectivity index (χ0) is 10.0. The van der Waals surface area contributed by atoms with Crippen molar-refractivity contribution in [3.8, 4) is 6.07 Å². The zero-order valence-corrected chi connectivity index (χ0v) is 8.30. The number of nitrogens with zero attached hydrogens (tertiary/aromatic N) is 1. The van der Waals surface area contributed by atoms with Gasteiger partial charge in [-0.05, 0) is 28.7 Å². The molecule has 0 aliphatic rings. The summed E-state index contributed by atoms with van der Waals surface area (Å²) in [7, 11) is 0. The Morgan fingerprint density at radius 2 is 2.23 bits per heavy atom. The molecule has 1 aromatic rings. The fraction of sp³-hybridized carbons (Fsp3) is 0.143. The van der Waals surface area contributed by atoms with Crippen LogP contribution in [-0.2, 0) is 0 Å². The zero-order valence-electron chi connectivity index (χ0n) is 6.14. The molecule has 3 nitrogen and oxygen atoms in total. The molecule has 0 atom stereocenters. The van der Waals surface area contributed by atoms with Crippen LogP contribution in [0.5, 0.6) is 0 Å². The van der Waals surface area contributed by atoms with Gasteiger partial charge in [0.05, 0.1) is 3.70 Å². The molecule has 1 heterocycles. The highest BCUT2D eigenvalue weighted by molar-refractivity contribution is 14.1. The van der Waals surface area contributed by atoms with Crippen LogP contribution < -0.4 is 5.56 Å². The number of nitriles is 1. The molecule has 0 fully saturated rings. The van der Waals surface area contributed by atoms with Crippen molar-refractivity contribution >= 4 is 22.6 Å². The number of H-pyrrole nitrogens is 1. The Morgan fingerprint density at radius 1 is 1.62 bits per heavy atom. The van der Waals surface area contributed by atoms with Gasteiger partial charge >= 0.3 is 0 Å². The highest BCUT2D eigenvalue weighted by atomic mass is 127. The van der Waals surface area contributed by atoms with Crippen molar-refractivity contribution in [2.24, 2.45) is 0 Å². The Labute approximate surface area is 85.5 Å². The lowest BCUT2D eigenvalue weighted by molar-refractivity contribution is 0.150. The summed E-state index contributed by atoms with van der Waals surface area (Å²) in [6.45, 7) is 0. The Bertz CT molecular complexity index is 421. The number of aromatic nitrogens is 1. The molecule has 0 saturated carbocycles. The minimum Gasteiger partial charge on any atom is -0.316 e. The van der Waals surface area contributed by atoms with E-state index in [4.69, 9.17) is 5.26 Å². The lowest BCUT2D eigenvalue weighted by atomic mass is 10.2. The van der Waals surface area contributed by atoms with Crippen LogP contribution in [0.25, 0.3) is 0 Å². The molecule has 0 radical (unpaired) electrons. The number of alkyl halides is 2. The molecule has 0 spiro atoms. The predicted octanol–water partition coefficient (Wildman–Crippen LogP) is 1.79. The molecular formula is C7H3F2IN2O. The Balaban J connectivity index is 3.42. The molecule has 13 heavy (non-hydrogen) atoms. The smallest absolute Gasteiger partial charge is 0.266 e. The molecular weight excluding hydrogens is 293 g/mol. The number of rotatable bonds is 1. The summed E-state index contributed by atoms with van der Waals surface area (Å²) >= 11 is 1.59. The van der Waals surface area contributed by atoms with Crippen molar-refractivity contribution in [3.05, 3.63) is 31.2 Å². The fourth-order valence-electron chi connectivity index (χ4n) is 0.765. The summed E-state index contributed by atoms with van der Waals surface area (Å²) in [5.41, 5.74) is -1.26. The standard InChI is InChI=1S/C7H3F2IN2O/c8-5(9)4-1-3(2-11)7(13)12-6(4)10/h1,5H,(H,12,13). The van der Waals surface area contributed by atoms with Gasteiger partial charge in [0.1, 0.15) is 11.6 Å². The van der Waals surface area contributed by atoms with E-state index in [0.29, 0.717) is 0 Å². The second kappa shape index (κ2) is 3.83. The highest BCUT2D eigenvalue weighted by Crippen LogP contribution is 2.22. The molecule has 0 aliphatic heterocycles. The quantitative estimate of drug-likeness (QED) is 0.634. The number of nitrogens with one attached hydrogen (secondary N) is 1. The number of halogens is 3. The second-order valence-electron chi connectivity index (χ2n) is 2.19. The molecule has 6 heteroatoms. The molecule has 0 bridgehead atoms. The number of hydrogen-bond donors (Lipinski definition) is 1. The first-order valence-corrected chi connectivity index (χ1v) is 4.25. The minimum absolute atomic E-state index is 0.0663. The lowest BCUT2D eigenvalue weighted by Crippen LogP contribution is -2.13. The minimum atomic E-state index is -2.68. The highest BCUT2D eigenvalue weighted by Gasteiger charge is 2.14. The molecule has 0 aliphatic carbocycles. The number of aromatic amines is 1. The van der Waals surface area contributed by atoms with Gasteiger partial charge < -0.3 is 4.98 Å². The van der Waals surface area contributed by atoms with E-state index in [1.54, 1.807) is 22.6 Å². The van der Waals surface area contributed by atoms with Gasteiger partial charge in [-0.15, -0.1) is 0 Å². The summed E-state index contributed by atoms with van der Waals surface area (Å²) < 4.78 is 24.5. The third-order valence-electron chi connectivity index (χ3n) is 1.38. The summed E-state index contributed by atoms with van der Waals surface area (Å²) in [6, 6.07) is 2.45. The molecule has 0 unspecified atom stereocenters. The van der Waals surface area contributed by atoms with Crippen LogP contribution in [0.4, 0.5) is 8.78 Å². The van der Waals surface area contributed by atoms with Gasteiger partial charge in [-0.3, -0.25) is 4.79 Å². The normalized spacial score (nSPS) is 10.1. The van der Waals surface area contributed by atoms with E-state index < -0.39 is 12.0 Å². The number of hydrogen-bond acceptors (Lipinski definition) is 2. The van der Waals surface area contributed by atoms with Crippen LogP contribution in [0, 0.1) is 15.0 Å². The molecule has 0 aromatic carbocycles. The third-order valence-corrected chi connectivity index (χ3v) is 2.27. The van der Waals surface area contributed by atoms with Crippen molar-refractivity contribution in [2.75, 3.05) is 0 Å². The SMILES string of the molecule is N#Cc1cc(C(F)F)c(I)[nH]c1=O. The first-order valence-electron chi connectivity index (χ1n) is 3.17. The first kappa shape index (κ1) is 10.1. The first-order chi connectivity index (χ1) is 6.06. The van der Waals surface area contributed by atoms with Crippen LogP contribution in [0.1, 0.15) is 17.6 Å². The van der Waals surface area contributed by atoms with Crippen molar-refractivity contribution in [1.82, 2.24) is 4.98 Å². The predicted molar refractivity (Wildman–Crippen MR) is 49.5 cm³/mol. The molecule has 0 saturated heterocycles. The van der Waals surface area contributed by atoms with Gasteiger partial charge in [-0.25, -0.2) is 8.78 Å². The van der Waals surface area contributed by atoms with E-state index in [2.05, 4.69) is 4.98 Å². The number of pyridine rings is 1. The van der Waals surface area contributed by atoms with Crippen molar-refractivity contribution in [2.45, 2.75) is 6.43 Å². The molecule has 1 N–H and O–H groups in total. The average Bonchev–Trinajstić information content (AvgIpc) is 2.03. The fourth-order valence-corrected chi connectivity index (χ4v) is 1.40. The van der Waals surface area contributed by atoms with E-state index in [9.17, 15) is 13.6 Å². The van der Waals surface area contributed by atoms with Gasteiger partial charge in [0.25, 0.3) is 12.0 Å². The summed E-state index contributed by atoms with van der Waals surface area (Å²) in [5.74, 6) is 0.